The highest BCUT2D eigenvalue weighted by molar-refractivity contribution is 7.46. The normalized spacial score (nSPS) is 11.9. The summed E-state index contributed by atoms with van der Waals surface area (Å²) in [6, 6.07) is 0. The fraction of sp³-hybridized carbons (Fsp3) is 1.00. The molecule has 0 spiro atoms. The smallest absolute Gasteiger partial charge is 0.303 e. The van der Waals surface area contributed by atoms with E-state index in [4.69, 9.17) is 19.6 Å². The third-order valence-electron chi connectivity index (χ3n) is 6.51. The van der Waals surface area contributed by atoms with Crippen molar-refractivity contribution < 1.29 is 37.8 Å². The van der Waals surface area contributed by atoms with Crippen LogP contribution in [0.4, 0.5) is 0 Å². The van der Waals surface area contributed by atoms with Gasteiger partial charge >= 0.3 is 15.6 Å². The maximum Gasteiger partial charge on any atom is 0.469 e. The van der Waals surface area contributed by atoms with Gasteiger partial charge in [-0.25, -0.2) is 9.13 Å². The van der Waals surface area contributed by atoms with Crippen LogP contribution < -0.4 is 0 Å². The van der Waals surface area contributed by atoms with Crippen LogP contribution in [0, 0.1) is 0 Å². The lowest BCUT2D eigenvalue weighted by Gasteiger charge is -2.05. The van der Waals surface area contributed by atoms with Gasteiger partial charge < -0.3 is 19.6 Å². The lowest BCUT2D eigenvalue weighted by molar-refractivity contribution is 0.191. The second-order valence-electron chi connectivity index (χ2n) is 10.4. The number of phosphoric acid groups is 2. The van der Waals surface area contributed by atoms with Crippen molar-refractivity contribution in [2.75, 3.05) is 13.2 Å². The molecule has 0 fully saturated rings. The first-order valence-corrected chi connectivity index (χ1v) is 18.6. The highest BCUT2D eigenvalue weighted by Gasteiger charge is 2.12. The molecule has 8 nitrogen and oxygen atoms in total. The topological polar surface area (TPSA) is 134 Å². The standard InChI is InChI=1S/2C14H31O4P/c2*1-2-3-4-5-6-7-8-9-10-11-12-13-14-18-19(15,16)17/h2*2-14H2,1H3,(H2,15,16,17). The lowest BCUT2D eigenvalue weighted by Crippen LogP contribution is -1.92. The van der Waals surface area contributed by atoms with Crippen molar-refractivity contribution >= 4 is 15.6 Å². The third-order valence-corrected chi connectivity index (χ3v) is 7.55. The zero-order valence-corrected chi connectivity index (χ0v) is 26.5. The zero-order valence-electron chi connectivity index (χ0n) is 24.7. The van der Waals surface area contributed by atoms with Crippen molar-refractivity contribution in [3.05, 3.63) is 0 Å². The van der Waals surface area contributed by atoms with E-state index in [1.54, 1.807) is 0 Å². The molecule has 0 aliphatic heterocycles. The van der Waals surface area contributed by atoms with E-state index in [2.05, 4.69) is 22.9 Å². The molecule has 0 aromatic heterocycles. The molecule has 0 aromatic carbocycles. The molecule has 0 atom stereocenters. The summed E-state index contributed by atoms with van der Waals surface area (Å²) in [7, 11) is -8.50. The third kappa shape index (κ3) is 43.3. The zero-order chi connectivity index (χ0) is 28.8. The molecule has 0 radical (unpaired) electrons. The summed E-state index contributed by atoms with van der Waals surface area (Å²) in [5.41, 5.74) is 0. The molecule has 4 N–H and O–H groups in total. The summed E-state index contributed by atoms with van der Waals surface area (Å²) in [6.07, 6.45) is 29.8. The quantitative estimate of drug-likeness (QED) is 0.0524. The fourth-order valence-corrected chi connectivity index (χ4v) is 4.99. The van der Waals surface area contributed by atoms with Gasteiger partial charge in [-0.2, -0.15) is 0 Å². The van der Waals surface area contributed by atoms with Gasteiger partial charge in [0.2, 0.25) is 0 Å². The summed E-state index contributed by atoms with van der Waals surface area (Å²) >= 11 is 0. The second-order valence-corrected chi connectivity index (χ2v) is 12.9. The average molecular weight is 589 g/mol. The highest BCUT2D eigenvalue weighted by atomic mass is 31.2. The molecule has 38 heavy (non-hydrogen) atoms. The molecular formula is C28H62O8P2. The summed E-state index contributed by atoms with van der Waals surface area (Å²) in [6.45, 7) is 4.82. The van der Waals surface area contributed by atoms with Crippen molar-refractivity contribution in [3.63, 3.8) is 0 Å². The molecule has 0 aromatic rings. The molecule has 0 rings (SSSR count). The maximum absolute atomic E-state index is 10.4. The highest BCUT2D eigenvalue weighted by Crippen LogP contribution is 2.36. The lowest BCUT2D eigenvalue weighted by atomic mass is 10.1. The SMILES string of the molecule is CCCCCCCCCCCCCCOP(=O)(O)O.CCCCCCCCCCCCCCOP(=O)(O)O. The van der Waals surface area contributed by atoms with E-state index in [-0.39, 0.29) is 13.2 Å². The van der Waals surface area contributed by atoms with Crippen LogP contribution in [0.25, 0.3) is 0 Å². The molecule has 0 aliphatic rings. The van der Waals surface area contributed by atoms with Gasteiger partial charge in [-0.1, -0.05) is 155 Å². The largest absolute Gasteiger partial charge is 0.469 e. The van der Waals surface area contributed by atoms with E-state index in [0.717, 1.165) is 38.5 Å². The van der Waals surface area contributed by atoms with Crippen molar-refractivity contribution in [1.82, 2.24) is 0 Å². The number of phosphoric ester groups is 2. The van der Waals surface area contributed by atoms with E-state index in [9.17, 15) is 9.13 Å². The molecule has 0 heterocycles. The van der Waals surface area contributed by atoms with Gasteiger partial charge in [0.1, 0.15) is 0 Å². The fourth-order valence-electron chi connectivity index (χ4n) is 4.25. The first-order chi connectivity index (χ1) is 18.1. The molecule has 0 bridgehead atoms. The summed E-state index contributed by atoms with van der Waals surface area (Å²) in [4.78, 5) is 33.9. The van der Waals surface area contributed by atoms with E-state index in [1.165, 1.54) is 116 Å². The van der Waals surface area contributed by atoms with Gasteiger partial charge in [0.25, 0.3) is 0 Å². The summed E-state index contributed by atoms with van der Waals surface area (Å²) < 4.78 is 29.6. The van der Waals surface area contributed by atoms with Crippen LogP contribution in [0.15, 0.2) is 0 Å². The molecule has 0 saturated heterocycles. The van der Waals surface area contributed by atoms with Crippen molar-refractivity contribution in [3.8, 4) is 0 Å². The van der Waals surface area contributed by atoms with Crippen LogP contribution in [0.1, 0.15) is 168 Å². The Balaban J connectivity index is 0. The number of hydrogen-bond donors (Lipinski definition) is 4. The van der Waals surface area contributed by atoms with Crippen molar-refractivity contribution in [2.45, 2.75) is 168 Å². The van der Waals surface area contributed by atoms with Crippen LogP contribution in [0.5, 0.6) is 0 Å². The molecule has 0 amide bonds. The van der Waals surface area contributed by atoms with Crippen LogP contribution in [-0.4, -0.2) is 32.8 Å². The number of rotatable bonds is 28. The van der Waals surface area contributed by atoms with Gasteiger partial charge in [0.05, 0.1) is 13.2 Å². The first kappa shape index (κ1) is 40.4. The number of hydrogen-bond acceptors (Lipinski definition) is 4. The molecule has 10 heteroatoms. The van der Waals surface area contributed by atoms with Crippen LogP contribution >= 0.6 is 15.6 Å². The Morgan fingerprint density at radius 3 is 0.737 bits per heavy atom. The Morgan fingerprint density at radius 2 is 0.553 bits per heavy atom. The molecule has 232 valence electrons. The Labute approximate surface area is 234 Å². The second kappa shape index (κ2) is 30.2. The van der Waals surface area contributed by atoms with Crippen LogP contribution in [0.2, 0.25) is 0 Å². The van der Waals surface area contributed by atoms with E-state index < -0.39 is 15.6 Å². The van der Waals surface area contributed by atoms with E-state index >= 15 is 0 Å². The van der Waals surface area contributed by atoms with Crippen molar-refractivity contribution in [1.29, 1.82) is 0 Å². The molecular weight excluding hydrogens is 526 g/mol. The summed E-state index contributed by atoms with van der Waals surface area (Å²) in [5, 5.41) is 0. The van der Waals surface area contributed by atoms with Gasteiger partial charge in [-0.15, -0.1) is 0 Å². The Kier molecular flexibility index (Phi) is 32.1. The van der Waals surface area contributed by atoms with Crippen LogP contribution in [0.3, 0.4) is 0 Å². The van der Waals surface area contributed by atoms with Crippen LogP contribution in [-0.2, 0) is 18.2 Å². The minimum Gasteiger partial charge on any atom is -0.303 e. The Hall–Kier alpha value is 0.220. The maximum atomic E-state index is 10.4. The van der Waals surface area contributed by atoms with Crippen molar-refractivity contribution in [2.24, 2.45) is 0 Å². The average Bonchev–Trinajstić information content (AvgIpc) is 2.84. The predicted octanol–water partition coefficient (Wildman–Crippen LogP) is 9.59. The Bertz CT molecular complexity index is 503. The minimum absolute atomic E-state index is 0.168. The first-order valence-electron chi connectivity index (χ1n) is 15.5. The van der Waals surface area contributed by atoms with Gasteiger partial charge in [-0.3, -0.25) is 9.05 Å². The Morgan fingerprint density at radius 1 is 0.368 bits per heavy atom. The number of unbranched alkanes of at least 4 members (excludes halogenated alkanes) is 22. The van der Waals surface area contributed by atoms with E-state index in [1.807, 2.05) is 0 Å². The summed E-state index contributed by atoms with van der Waals surface area (Å²) in [5.74, 6) is 0. The minimum atomic E-state index is -4.25. The monoisotopic (exact) mass is 588 g/mol. The van der Waals surface area contributed by atoms with Gasteiger partial charge in [0, 0.05) is 0 Å². The van der Waals surface area contributed by atoms with Gasteiger partial charge in [-0.05, 0) is 12.8 Å². The molecule has 0 unspecified atom stereocenters. The molecule has 0 aliphatic carbocycles. The predicted molar refractivity (Wildman–Crippen MR) is 158 cm³/mol. The van der Waals surface area contributed by atoms with E-state index in [0.29, 0.717) is 0 Å². The van der Waals surface area contributed by atoms with Gasteiger partial charge in [0.15, 0.2) is 0 Å². The molecule has 0 saturated carbocycles.